The SMILES string of the molecule is O=CCC1(O)CCCC1COOCc1ccccc1. The third-order valence-electron chi connectivity index (χ3n) is 3.78. The number of hydrogen-bond acceptors (Lipinski definition) is 4. The quantitative estimate of drug-likeness (QED) is 0.355. The summed E-state index contributed by atoms with van der Waals surface area (Å²) in [6, 6.07) is 9.75. The highest BCUT2D eigenvalue weighted by atomic mass is 17.2. The minimum absolute atomic E-state index is 0.0199. The fourth-order valence-corrected chi connectivity index (χ4v) is 2.59. The van der Waals surface area contributed by atoms with Gasteiger partial charge < -0.3 is 9.90 Å². The Morgan fingerprint density at radius 2 is 2.11 bits per heavy atom. The Kier molecular flexibility index (Phi) is 5.07. The molecule has 2 rings (SSSR count). The molecule has 0 amide bonds. The van der Waals surface area contributed by atoms with Gasteiger partial charge >= 0.3 is 0 Å². The van der Waals surface area contributed by atoms with Crippen molar-refractivity contribution in [2.45, 2.75) is 37.9 Å². The Morgan fingerprint density at radius 1 is 1.32 bits per heavy atom. The van der Waals surface area contributed by atoms with Crippen LogP contribution in [0.5, 0.6) is 0 Å². The summed E-state index contributed by atoms with van der Waals surface area (Å²) in [4.78, 5) is 20.9. The lowest BCUT2D eigenvalue weighted by molar-refractivity contribution is -0.315. The molecule has 2 atom stereocenters. The predicted molar refractivity (Wildman–Crippen MR) is 70.2 cm³/mol. The molecule has 1 fully saturated rings. The molecule has 1 aliphatic carbocycles. The van der Waals surface area contributed by atoms with Crippen molar-refractivity contribution in [2.24, 2.45) is 5.92 Å². The van der Waals surface area contributed by atoms with Crippen LogP contribution < -0.4 is 0 Å². The molecule has 1 aromatic rings. The van der Waals surface area contributed by atoms with Crippen LogP contribution in [0, 0.1) is 5.92 Å². The van der Waals surface area contributed by atoms with Gasteiger partial charge in [0.15, 0.2) is 0 Å². The fourth-order valence-electron chi connectivity index (χ4n) is 2.59. The molecule has 0 aromatic heterocycles. The summed E-state index contributed by atoms with van der Waals surface area (Å²) in [5.41, 5.74) is 0.134. The Morgan fingerprint density at radius 3 is 2.84 bits per heavy atom. The zero-order chi connectivity index (χ0) is 13.6. The maximum Gasteiger partial charge on any atom is 0.122 e. The van der Waals surface area contributed by atoms with Gasteiger partial charge in [-0.3, -0.25) is 0 Å². The number of benzene rings is 1. The van der Waals surface area contributed by atoms with Crippen LogP contribution in [0.1, 0.15) is 31.2 Å². The van der Waals surface area contributed by atoms with Crippen molar-refractivity contribution < 1.29 is 19.7 Å². The molecule has 1 N–H and O–H groups in total. The Bertz CT molecular complexity index is 392. The molecule has 0 saturated heterocycles. The van der Waals surface area contributed by atoms with Gasteiger partial charge in [0.05, 0.1) is 12.2 Å². The first-order valence-corrected chi connectivity index (χ1v) is 6.69. The summed E-state index contributed by atoms with van der Waals surface area (Å²) in [6.07, 6.45) is 3.43. The van der Waals surface area contributed by atoms with Gasteiger partial charge in [0, 0.05) is 12.3 Å². The minimum atomic E-state index is -0.905. The van der Waals surface area contributed by atoms with Crippen molar-refractivity contribution in [2.75, 3.05) is 6.61 Å². The van der Waals surface area contributed by atoms with Crippen molar-refractivity contribution in [3.05, 3.63) is 35.9 Å². The van der Waals surface area contributed by atoms with E-state index in [1.807, 2.05) is 30.3 Å². The van der Waals surface area contributed by atoms with Gasteiger partial charge in [0.2, 0.25) is 0 Å². The molecule has 104 valence electrons. The molecule has 4 nitrogen and oxygen atoms in total. The Hall–Kier alpha value is -1.23. The normalized spacial score (nSPS) is 26.5. The van der Waals surface area contributed by atoms with Crippen LogP contribution in [0.25, 0.3) is 0 Å². The van der Waals surface area contributed by atoms with E-state index in [2.05, 4.69) is 0 Å². The smallest absolute Gasteiger partial charge is 0.122 e. The summed E-state index contributed by atoms with van der Waals surface area (Å²) in [5.74, 6) is -0.0199. The molecule has 0 aliphatic heterocycles. The third kappa shape index (κ3) is 3.86. The summed E-state index contributed by atoms with van der Waals surface area (Å²) in [7, 11) is 0. The molecule has 1 aromatic carbocycles. The Labute approximate surface area is 113 Å². The minimum Gasteiger partial charge on any atom is -0.389 e. The molecule has 0 bridgehead atoms. The van der Waals surface area contributed by atoms with Gasteiger partial charge in [0.1, 0.15) is 12.9 Å². The van der Waals surface area contributed by atoms with Gasteiger partial charge in [-0.1, -0.05) is 36.8 Å². The number of carbonyl (C=O) groups excluding carboxylic acids is 1. The maximum atomic E-state index is 10.6. The van der Waals surface area contributed by atoms with E-state index in [0.29, 0.717) is 19.6 Å². The molecule has 19 heavy (non-hydrogen) atoms. The first kappa shape index (κ1) is 14.2. The van der Waals surface area contributed by atoms with Crippen molar-refractivity contribution in [3.8, 4) is 0 Å². The van der Waals surface area contributed by atoms with Crippen LogP contribution in [0.3, 0.4) is 0 Å². The highest BCUT2D eigenvalue weighted by molar-refractivity contribution is 5.51. The van der Waals surface area contributed by atoms with E-state index in [0.717, 1.165) is 24.7 Å². The summed E-state index contributed by atoms with van der Waals surface area (Å²) < 4.78 is 0. The molecule has 1 aliphatic rings. The molecule has 0 heterocycles. The van der Waals surface area contributed by atoms with Crippen molar-refractivity contribution in [1.29, 1.82) is 0 Å². The highest BCUT2D eigenvalue weighted by Gasteiger charge is 2.40. The average Bonchev–Trinajstić information content (AvgIpc) is 2.78. The third-order valence-corrected chi connectivity index (χ3v) is 3.78. The molecule has 2 unspecified atom stereocenters. The van der Waals surface area contributed by atoms with Crippen molar-refractivity contribution in [3.63, 3.8) is 0 Å². The molecular weight excluding hydrogens is 244 g/mol. The van der Waals surface area contributed by atoms with Crippen LogP contribution in [0.2, 0.25) is 0 Å². The van der Waals surface area contributed by atoms with E-state index in [1.165, 1.54) is 0 Å². The summed E-state index contributed by atoms with van der Waals surface area (Å²) in [5, 5.41) is 10.3. The fraction of sp³-hybridized carbons (Fsp3) is 0.533. The topological polar surface area (TPSA) is 55.8 Å². The molecule has 1 saturated carbocycles. The average molecular weight is 264 g/mol. The van der Waals surface area contributed by atoms with Gasteiger partial charge in [-0.25, -0.2) is 9.78 Å². The molecular formula is C15H20O4. The van der Waals surface area contributed by atoms with Crippen LogP contribution in [-0.2, 0) is 21.2 Å². The first-order chi connectivity index (χ1) is 9.24. The van der Waals surface area contributed by atoms with E-state index in [-0.39, 0.29) is 12.3 Å². The zero-order valence-corrected chi connectivity index (χ0v) is 11.0. The number of aldehydes is 1. The van der Waals surface area contributed by atoms with Gasteiger partial charge in [0.25, 0.3) is 0 Å². The second kappa shape index (κ2) is 6.80. The van der Waals surface area contributed by atoms with Crippen molar-refractivity contribution >= 4 is 6.29 Å². The predicted octanol–water partition coefficient (Wildman–Crippen LogP) is 2.25. The lowest BCUT2D eigenvalue weighted by atomic mass is 9.89. The van der Waals surface area contributed by atoms with Gasteiger partial charge in [-0.15, -0.1) is 0 Å². The van der Waals surface area contributed by atoms with E-state index < -0.39 is 5.60 Å². The standard InChI is InChI=1S/C15H20O4/c16-10-9-15(17)8-4-7-14(15)12-19-18-11-13-5-2-1-3-6-13/h1-3,5-6,10,14,17H,4,7-9,11-12H2. The van der Waals surface area contributed by atoms with E-state index in [4.69, 9.17) is 9.78 Å². The second-order valence-electron chi connectivity index (χ2n) is 5.10. The van der Waals surface area contributed by atoms with Crippen LogP contribution in [0.4, 0.5) is 0 Å². The number of aliphatic hydroxyl groups is 1. The molecule has 0 radical (unpaired) electrons. The monoisotopic (exact) mass is 264 g/mol. The lowest BCUT2D eigenvalue weighted by Crippen LogP contribution is -2.36. The van der Waals surface area contributed by atoms with Gasteiger partial charge in [-0.05, 0) is 18.4 Å². The van der Waals surface area contributed by atoms with Crippen molar-refractivity contribution in [1.82, 2.24) is 0 Å². The number of hydrogen-bond donors (Lipinski definition) is 1. The second-order valence-corrected chi connectivity index (χ2v) is 5.10. The Balaban J connectivity index is 1.72. The van der Waals surface area contributed by atoms with E-state index >= 15 is 0 Å². The lowest BCUT2D eigenvalue weighted by Gasteiger charge is -2.27. The first-order valence-electron chi connectivity index (χ1n) is 6.69. The van der Waals surface area contributed by atoms with Crippen LogP contribution in [-0.4, -0.2) is 23.6 Å². The molecule has 0 spiro atoms. The number of rotatable bonds is 7. The van der Waals surface area contributed by atoms with Crippen LogP contribution >= 0.6 is 0 Å². The van der Waals surface area contributed by atoms with Crippen LogP contribution in [0.15, 0.2) is 30.3 Å². The van der Waals surface area contributed by atoms with E-state index in [9.17, 15) is 9.90 Å². The van der Waals surface area contributed by atoms with Gasteiger partial charge in [-0.2, -0.15) is 0 Å². The van der Waals surface area contributed by atoms with E-state index in [1.54, 1.807) is 0 Å². The molecule has 4 heteroatoms. The zero-order valence-electron chi connectivity index (χ0n) is 11.0. The highest BCUT2D eigenvalue weighted by Crippen LogP contribution is 2.37. The summed E-state index contributed by atoms with van der Waals surface area (Å²) in [6.45, 7) is 0.719. The maximum absolute atomic E-state index is 10.6. The number of carbonyl (C=O) groups is 1. The largest absolute Gasteiger partial charge is 0.389 e. The summed E-state index contributed by atoms with van der Waals surface area (Å²) >= 11 is 0.